The quantitative estimate of drug-likeness (QED) is 0.660. The minimum absolute atomic E-state index is 0.0466. The van der Waals surface area contributed by atoms with E-state index in [1.165, 1.54) is 0 Å². The molecule has 2 rings (SSSR count). The van der Waals surface area contributed by atoms with Gasteiger partial charge in [0.25, 0.3) is 5.91 Å². The van der Waals surface area contributed by atoms with E-state index < -0.39 is 5.91 Å². The lowest BCUT2D eigenvalue weighted by atomic mass is 10.2. The average Bonchev–Trinajstić information content (AvgIpc) is 2.89. The second-order valence-corrected chi connectivity index (χ2v) is 5.62. The summed E-state index contributed by atoms with van der Waals surface area (Å²) in [6.45, 7) is 1.01. The van der Waals surface area contributed by atoms with Crippen LogP contribution in [0.15, 0.2) is 28.9 Å². The highest BCUT2D eigenvalue weighted by atomic mass is 79.9. The lowest BCUT2D eigenvalue weighted by Crippen LogP contribution is -2.21. The molecule has 2 aromatic rings. The molecule has 120 valence electrons. The second-order valence-electron chi connectivity index (χ2n) is 4.76. The lowest BCUT2D eigenvalue weighted by Gasteiger charge is -2.09. The molecule has 3 N–H and O–H groups in total. The van der Waals surface area contributed by atoms with Gasteiger partial charge in [-0.3, -0.25) is 4.79 Å². The van der Waals surface area contributed by atoms with E-state index in [4.69, 9.17) is 5.11 Å². The number of benzene rings is 1. The van der Waals surface area contributed by atoms with Crippen LogP contribution in [0.1, 0.15) is 21.9 Å². The van der Waals surface area contributed by atoms with Crippen molar-refractivity contribution in [2.75, 3.05) is 18.5 Å². The normalized spacial score (nSPS) is 10.3. The Bertz CT molecular complexity index is 751. The van der Waals surface area contributed by atoms with Crippen LogP contribution in [0.4, 0.5) is 5.69 Å². The van der Waals surface area contributed by atoms with Crippen LogP contribution in [0.3, 0.4) is 0 Å². The van der Waals surface area contributed by atoms with Crippen molar-refractivity contribution < 1.29 is 9.90 Å². The number of hydrogen-bond donors (Lipinski definition) is 3. The molecule has 1 aromatic carbocycles. The number of halogens is 1. The lowest BCUT2D eigenvalue weighted by molar-refractivity contribution is 0.101. The summed E-state index contributed by atoms with van der Waals surface area (Å²) in [5, 5.41) is 23.7. The van der Waals surface area contributed by atoms with Gasteiger partial charge in [0.2, 0.25) is 0 Å². The molecule has 0 saturated heterocycles. The molecule has 7 nitrogen and oxygen atoms in total. The maximum absolute atomic E-state index is 12.4. The van der Waals surface area contributed by atoms with Gasteiger partial charge in [-0.2, -0.15) is 5.26 Å². The molecular formula is C15H16BrN5O2. The molecule has 0 radical (unpaired) electrons. The number of hydrogen-bond acceptors (Lipinski definition) is 5. The topological polar surface area (TPSA) is 103 Å². The number of aliphatic hydroxyl groups excluding tert-OH is 1. The predicted octanol–water partition coefficient (Wildman–Crippen LogP) is 1.39. The number of anilines is 1. The van der Waals surface area contributed by atoms with Gasteiger partial charge in [0.15, 0.2) is 5.82 Å². The highest BCUT2D eigenvalue weighted by Gasteiger charge is 2.16. The Morgan fingerprint density at radius 3 is 3.00 bits per heavy atom. The fourth-order valence-electron chi connectivity index (χ4n) is 2.04. The highest BCUT2D eigenvalue weighted by Crippen LogP contribution is 2.24. The van der Waals surface area contributed by atoms with Crippen molar-refractivity contribution >= 4 is 27.5 Å². The first-order valence-corrected chi connectivity index (χ1v) is 7.70. The largest absolute Gasteiger partial charge is 0.395 e. The van der Waals surface area contributed by atoms with Gasteiger partial charge in [0.05, 0.1) is 29.7 Å². The van der Waals surface area contributed by atoms with Crippen LogP contribution < -0.4 is 10.6 Å². The first-order chi connectivity index (χ1) is 11.1. The van der Waals surface area contributed by atoms with Crippen LogP contribution in [0.5, 0.6) is 0 Å². The number of carbonyl (C=O) groups is 1. The van der Waals surface area contributed by atoms with E-state index in [2.05, 4.69) is 37.6 Å². The van der Waals surface area contributed by atoms with E-state index in [1.54, 1.807) is 36.0 Å². The Morgan fingerprint density at radius 1 is 1.52 bits per heavy atom. The highest BCUT2D eigenvalue weighted by molar-refractivity contribution is 9.10. The third-order valence-corrected chi connectivity index (χ3v) is 3.92. The summed E-state index contributed by atoms with van der Waals surface area (Å²) in [4.78, 5) is 16.5. The molecule has 0 aliphatic heterocycles. The van der Waals surface area contributed by atoms with Gasteiger partial charge in [0.1, 0.15) is 6.07 Å². The number of nitriles is 1. The number of rotatable bonds is 6. The number of aliphatic hydroxyl groups is 1. The van der Waals surface area contributed by atoms with Crippen molar-refractivity contribution in [1.29, 1.82) is 5.26 Å². The fraction of sp³-hybridized carbons (Fsp3) is 0.267. The minimum Gasteiger partial charge on any atom is -0.395 e. The van der Waals surface area contributed by atoms with Crippen molar-refractivity contribution in [2.24, 2.45) is 7.05 Å². The predicted molar refractivity (Wildman–Crippen MR) is 88.8 cm³/mol. The zero-order valence-electron chi connectivity index (χ0n) is 12.5. The molecule has 1 heterocycles. The molecule has 0 fully saturated rings. The average molecular weight is 378 g/mol. The number of nitrogens with one attached hydrogen (secondary N) is 2. The number of carbonyl (C=O) groups excluding carboxylic acids is 1. The summed E-state index contributed by atoms with van der Waals surface area (Å²) in [6.07, 6.45) is 1.60. The summed E-state index contributed by atoms with van der Waals surface area (Å²) in [7, 11) is 1.74. The van der Waals surface area contributed by atoms with Gasteiger partial charge < -0.3 is 20.3 Å². The molecule has 0 spiro atoms. The first kappa shape index (κ1) is 17.1. The van der Waals surface area contributed by atoms with Crippen molar-refractivity contribution in [3.63, 3.8) is 0 Å². The summed E-state index contributed by atoms with van der Waals surface area (Å²) >= 11 is 3.28. The molecule has 0 bridgehead atoms. The van der Waals surface area contributed by atoms with E-state index in [1.807, 2.05) is 0 Å². The van der Waals surface area contributed by atoms with Crippen molar-refractivity contribution in [3.8, 4) is 6.07 Å². The molecule has 1 amide bonds. The molecule has 0 saturated carbocycles. The zero-order chi connectivity index (χ0) is 16.8. The van der Waals surface area contributed by atoms with E-state index in [0.29, 0.717) is 28.8 Å². The number of amides is 1. The standard InChI is InChI=1S/C15H16BrN5O2/c1-21-10(8-18-5-6-22)9-19-14(21)15(23)20-13-4-2-3-12(16)11(13)7-17/h2-4,9,18,22H,5-6,8H2,1H3,(H,20,23). The van der Waals surface area contributed by atoms with Gasteiger partial charge in [-0.05, 0) is 28.1 Å². The van der Waals surface area contributed by atoms with Gasteiger partial charge >= 0.3 is 0 Å². The Hall–Kier alpha value is -2.21. The third-order valence-electron chi connectivity index (χ3n) is 3.26. The van der Waals surface area contributed by atoms with Gasteiger partial charge in [-0.25, -0.2) is 4.98 Å². The molecule has 0 atom stereocenters. The Kier molecular flexibility index (Phi) is 5.87. The van der Waals surface area contributed by atoms with Crippen LogP contribution in [0.25, 0.3) is 0 Å². The maximum Gasteiger partial charge on any atom is 0.291 e. The van der Waals surface area contributed by atoms with Crippen LogP contribution in [-0.4, -0.2) is 33.7 Å². The maximum atomic E-state index is 12.4. The second kappa shape index (κ2) is 7.87. The zero-order valence-corrected chi connectivity index (χ0v) is 14.1. The number of nitrogens with zero attached hydrogens (tertiary/aromatic N) is 3. The van der Waals surface area contributed by atoms with E-state index >= 15 is 0 Å². The minimum atomic E-state index is -0.393. The van der Waals surface area contributed by atoms with Crippen LogP contribution in [0, 0.1) is 11.3 Å². The molecule has 0 aliphatic carbocycles. The Morgan fingerprint density at radius 2 is 2.30 bits per heavy atom. The van der Waals surface area contributed by atoms with Crippen LogP contribution in [-0.2, 0) is 13.6 Å². The first-order valence-electron chi connectivity index (χ1n) is 6.90. The molecule has 0 aliphatic rings. The number of aromatic nitrogens is 2. The summed E-state index contributed by atoms with van der Waals surface area (Å²) < 4.78 is 2.29. The molecule has 23 heavy (non-hydrogen) atoms. The number of imidazole rings is 1. The van der Waals surface area contributed by atoms with E-state index in [0.717, 1.165) is 5.69 Å². The fourth-order valence-corrected chi connectivity index (χ4v) is 2.49. The summed E-state index contributed by atoms with van der Waals surface area (Å²) in [6, 6.07) is 7.19. The van der Waals surface area contributed by atoms with Crippen molar-refractivity contribution in [3.05, 3.63) is 46.0 Å². The van der Waals surface area contributed by atoms with Gasteiger partial charge in [-0.1, -0.05) is 6.07 Å². The summed E-state index contributed by atoms with van der Waals surface area (Å²) in [5.74, 6) is -0.148. The van der Waals surface area contributed by atoms with Crippen molar-refractivity contribution in [2.45, 2.75) is 6.54 Å². The monoisotopic (exact) mass is 377 g/mol. The van der Waals surface area contributed by atoms with Crippen LogP contribution in [0.2, 0.25) is 0 Å². The van der Waals surface area contributed by atoms with Gasteiger partial charge in [-0.15, -0.1) is 0 Å². The van der Waals surface area contributed by atoms with Crippen LogP contribution >= 0.6 is 15.9 Å². The molecule has 0 unspecified atom stereocenters. The molecule has 8 heteroatoms. The summed E-state index contributed by atoms with van der Waals surface area (Å²) in [5.41, 5.74) is 1.60. The third kappa shape index (κ3) is 3.96. The van der Waals surface area contributed by atoms with Gasteiger partial charge in [0, 0.05) is 24.6 Å². The van der Waals surface area contributed by atoms with E-state index in [-0.39, 0.29) is 12.4 Å². The van der Waals surface area contributed by atoms with E-state index in [9.17, 15) is 10.1 Å². The molecule has 1 aromatic heterocycles. The SMILES string of the molecule is Cn1c(CNCCO)cnc1C(=O)Nc1cccc(Br)c1C#N. The Labute approximate surface area is 142 Å². The molecular weight excluding hydrogens is 362 g/mol. The smallest absolute Gasteiger partial charge is 0.291 e. The van der Waals surface area contributed by atoms with Crippen molar-refractivity contribution in [1.82, 2.24) is 14.9 Å². The Balaban J connectivity index is 2.16.